The van der Waals surface area contributed by atoms with Crippen molar-refractivity contribution in [3.8, 4) is 0 Å². The number of carbonyl (C=O) groups is 1. The molecule has 148 valence electrons. The maximum Gasteiger partial charge on any atom is 0.229 e. The van der Waals surface area contributed by atoms with Gasteiger partial charge in [0.1, 0.15) is 5.82 Å². The van der Waals surface area contributed by atoms with Crippen LogP contribution < -0.4 is 10.6 Å². The Balaban J connectivity index is 0.00000121. The first-order valence-electron chi connectivity index (χ1n) is 9.49. The summed E-state index contributed by atoms with van der Waals surface area (Å²) in [5.41, 5.74) is 0.284. The zero-order valence-electron chi connectivity index (χ0n) is 15.4. The van der Waals surface area contributed by atoms with Gasteiger partial charge in [-0.2, -0.15) is 5.10 Å². The number of anilines is 1. The fourth-order valence-corrected chi connectivity index (χ4v) is 4.59. The molecular weight excluding hydrogens is 373 g/mol. The molecule has 1 saturated carbocycles. The van der Waals surface area contributed by atoms with E-state index in [1.165, 1.54) is 0 Å². The summed E-state index contributed by atoms with van der Waals surface area (Å²) in [6.45, 7) is 7.68. The fourth-order valence-electron chi connectivity index (χ4n) is 4.59. The third-order valence-corrected chi connectivity index (χ3v) is 6.38. The number of hydrogen-bond donors (Lipinski definition) is 2. The van der Waals surface area contributed by atoms with Gasteiger partial charge in [-0.05, 0) is 57.2 Å². The molecule has 1 amide bonds. The molecule has 1 unspecified atom stereocenters. The normalized spacial score (nSPS) is 25.2. The van der Waals surface area contributed by atoms with Crippen LogP contribution in [0.2, 0.25) is 0 Å². The van der Waals surface area contributed by atoms with E-state index >= 15 is 0 Å². The number of piperidine rings is 2. The van der Waals surface area contributed by atoms with Crippen LogP contribution in [0.5, 0.6) is 0 Å². The summed E-state index contributed by atoms with van der Waals surface area (Å²) < 4.78 is 2.04. The monoisotopic (exact) mass is 403 g/mol. The second-order valence-electron chi connectivity index (χ2n) is 7.68. The van der Waals surface area contributed by atoms with Gasteiger partial charge in [-0.25, -0.2) is 4.68 Å². The Morgan fingerprint density at radius 1 is 1.31 bits per heavy atom. The maximum atomic E-state index is 12.7. The molecule has 1 spiro atoms. The molecule has 1 aliphatic carbocycles. The minimum Gasteiger partial charge on any atom is -0.317 e. The highest BCUT2D eigenvalue weighted by Gasteiger charge is 2.57. The molecular formula is C18H31Cl2N5O. The van der Waals surface area contributed by atoms with Crippen LogP contribution >= 0.6 is 24.8 Å². The molecule has 3 fully saturated rings. The molecule has 3 aliphatic rings. The average Bonchev–Trinajstić information content (AvgIpc) is 3.11. The molecule has 6 nitrogen and oxygen atoms in total. The van der Waals surface area contributed by atoms with Crippen molar-refractivity contribution in [2.75, 3.05) is 38.0 Å². The Morgan fingerprint density at radius 3 is 2.65 bits per heavy atom. The summed E-state index contributed by atoms with van der Waals surface area (Å²) in [7, 11) is 0. The zero-order valence-corrected chi connectivity index (χ0v) is 17.1. The van der Waals surface area contributed by atoms with Crippen molar-refractivity contribution in [3.63, 3.8) is 0 Å². The number of halogens is 2. The van der Waals surface area contributed by atoms with Crippen LogP contribution in [0, 0.1) is 11.3 Å². The van der Waals surface area contributed by atoms with Gasteiger partial charge in [-0.3, -0.25) is 4.79 Å². The summed E-state index contributed by atoms with van der Waals surface area (Å²) in [6, 6.07) is 2.35. The second kappa shape index (κ2) is 8.91. The number of hydrogen-bond acceptors (Lipinski definition) is 4. The van der Waals surface area contributed by atoms with Gasteiger partial charge >= 0.3 is 0 Å². The molecule has 3 heterocycles. The number of amides is 1. The number of nitrogens with one attached hydrogen (secondary N) is 2. The predicted octanol–water partition coefficient (Wildman–Crippen LogP) is 2.71. The highest BCUT2D eigenvalue weighted by atomic mass is 35.5. The van der Waals surface area contributed by atoms with Crippen molar-refractivity contribution in [3.05, 3.63) is 12.3 Å². The molecule has 0 bridgehead atoms. The van der Waals surface area contributed by atoms with Crippen molar-refractivity contribution >= 4 is 36.5 Å². The number of rotatable bonds is 4. The smallest absolute Gasteiger partial charge is 0.229 e. The number of nitrogens with zero attached hydrogens (tertiary/aromatic N) is 3. The fraction of sp³-hybridized carbons (Fsp3) is 0.778. The second-order valence-corrected chi connectivity index (χ2v) is 7.68. The molecule has 4 rings (SSSR count). The highest BCUT2D eigenvalue weighted by molar-refractivity contribution is 5.94. The molecule has 1 atom stereocenters. The van der Waals surface area contributed by atoms with Crippen LogP contribution in [0.1, 0.15) is 45.1 Å². The zero-order chi connectivity index (χ0) is 16.6. The van der Waals surface area contributed by atoms with Crippen molar-refractivity contribution in [1.82, 2.24) is 20.0 Å². The topological polar surface area (TPSA) is 62.2 Å². The SMILES string of the molecule is CCN1CCC(n2nccc2NC(=O)C2CC23CCNCC3)CC1.Cl.Cl. The summed E-state index contributed by atoms with van der Waals surface area (Å²) >= 11 is 0. The van der Waals surface area contributed by atoms with Gasteiger partial charge in [0, 0.05) is 25.1 Å². The standard InChI is InChI=1S/C18H29N5O.2ClH/c1-2-22-11-4-14(5-12-22)23-16(3-8-20-23)21-17(24)15-13-18(15)6-9-19-10-7-18;;/h3,8,14-15,19H,2,4-7,9-13H2,1H3,(H,21,24);2*1H. The van der Waals surface area contributed by atoms with Crippen molar-refractivity contribution in [2.24, 2.45) is 11.3 Å². The van der Waals surface area contributed by atoms with Gasteiger partial charge < -0.3 is 15.5 Å². The first-order chi connectivity index (χ1) is 11.7. The van der Waals surface area contributed by atoms with E-state index in [4.69, 9.17) is 0 Å². The van der Waals surface area contributed by atoms with E-state index < -0.39 is 0 Å². The lowest BCUT2D eigenvalue weighted by Crippen LogP contribution is -2.35. The lowest BCUT2D eigenvalue weighted by atomic mass is 9.92. The summed E-state index contributed by atoms with van der Waals surface area (Å²) in [5.74, 6) is 1.28. The van der Waals surface area contributed by atoms with Gasteiger partial charge in [-0.1, -0.05) is 6.92 Å². The molecule has 8 heteroatoms. The lowest BCUT2D eigenvalue weighted by Gasteiger charge is -2.31. The molecule has 26 heavy (non-hydrogen) atoms. The van der Waals surface area contributed by atoms with E-state index in [2.05, 4.69) is 27.6 Å². The molecule has 2 aliphatic heterocycles. The maximum absolute atomic E-state index is 12.7. The van der Waals surface area contributed by atoms with Crippen LogP contribution in [0.4, 0.5) is 5.82 Å². The van der Waals surface area contributed by atoms with Crippen molar-refractivity contribution < 1.29 is 4.79 Å². The first kappa shape index (κ1) is 21.5. The average molecular weight is 404 g/mol. The molecule has 1 aromatic rings. The first-order valence-corrected chi connectivity index (χ1v) is 9.49. The molecule has 0 aromatic carbocycles. The highest BCUT2D eigenvalue weighted by Crippen LogP contribution is 2.58. The Kier molecular flexibility index (Phi) is 7.36. The molecule has 2 N–H and O–H groups in total. The minimum atomic E-state index is 0. The third kappa shape index (κ3) is 4.19. The summed E-state index contributed by atoms with van der Waals surface area (Å²) in [4.78, 5) is 15.2. The number of carbonyl (C=O) groups excluding carboxylic acids is 1. The minimum absolute atomic E-state index is 0. The summed E-state index contributed by atoms with van der Waals surface area (Å²) in [6.07, 6.45) is 7.37. The number of aromatic nitrogens is 2. The van der Waals surface area contributed by atoms with Crippen LogP contribution in [0.15, 0.2) is 12.3 Å². The van der Waals surface area contributed by atoms with Crippen molar-refractivity contribution in [1.29, 1.82) is 0 Å². The van der Waals surface area contributed by atoms with Gasteiger partial charge in [-0.15, -0.1) is 24.8 Å². The van der Waals surface area contributed by atoms with E-state index in [1.54, 1.807) is 0 Å². The Bertz CT molecular complexity index is 594. The van der Waals surface area contributed by atoms with Gasteiger partial charge in [0.25, 0.3) is 0 Å². The Hall–Kier alpha value is -0.820. The van der Waals surface area contributed by atoms with Crippen LogP contribution in [-0.4, -0.2) is 53.3 Å². The molecule has 1 aromatic heterocycles. The Morgan fingerprint density at radius 2 is 2.00 bits per heavy atom. The number of likely N-dealkylation sites (tertiary alicyclic amines) is 1. The van der Waals surface area contributed by atoms with E-state index in [9.17, 15) is 4.79 Å². The molecule has 0 radical (unpaired) electrons. The van der Waals surface area contributed by atoms with Crippen LogP contribution in [0.3, 0.4) is 0 Å². The van der Waals surface area contributed by atoms with Gasteiger partial charge in [0.05, 0.1) is 12.2 Å². The van der Waals surface area contributed by atoms with E-state index in [-0.39, 0.29) is 42.1 Å². The molecule has 2 saturated heterocycles. The third-order valence-electron chi connectivity index (χ3n) is 6.38. The van der Waals surface area contributed by atoms with E-state index in [0.29, 0.717) is 6.04 Å². The Labute approximate surface area is 168 Å². The quantitative estimate of drug-likeness (QED) is 0.810. The van der Waals surface area contributed by atoms with Crippen molar-refractivity contribution in [2.45, 2.75) is 45.1 Å². The summed E-state index contributed by atoms with van der Waals surface area (Å²) in [5, 5.41) is 11.1. The van der Waals surface area contributed by atoms with E-state index in [0.717, 1.165) is 70.6 Å². The van der Waals surface area contributed by atoms with Crippen LogP contribution in [0.25, 0.3) is 0 Å². The lowest BCUT2D eigenvalue weighted by molar-refractivity contribution is -0.118. The van der Waals surface area contributed by atoms with E-state index in [1.807, 2.05) is 16.9 Å². The predicted molar refractivity (Wildman–Crippen MR) is 108 cm³/mol. The van der Waals surface area contributed by atoms with Gasteiger partial charge in [0.2, 0.25) is 5.91 Å². The van der Waals surface area contributed by atoms with Crippen LogP contribution in [-0.2, 0) is 4.79 Å². The largest absolute Gasteiger partial charge is 0.317 e. The van der Waals surface area contributed by atoms with Gasteiger partial charge in [0.15, 0.2) is 0 Å².